The van der Waals surface area contributed by atoms with Gasteiger partial charge in [0, 0.05) is 35.9 Å². The molecule has 2 atom stereocenters. The standard InChI is InChI=1S/C10H20N4OS/c1-7(5-6-16(4)15)12-10-9(11)8(2)13-14(10)3/h7,12H,5-6,11H2,1-4H3. The lowest BCUT2D eigenvalue weighted by atomic mass is 10.2. The highest BCUT2D eigenvalue weighted by molar-refractivity contribution is 7.84. The molecule has 0 aliphatic carbocycles. The third kappa shape index (κ3) is 3.23. The summed E-state index contributed by atoms with van der Waals surface area (Å²) in [5, 5.41) is 7.52. The third-order valence-corrected chi connectivity index (χ3v) is 3.30. The van der Waals surface area contributed by atoms with Gasteiger partial charge in [-0.25, -0.2) is 0 Å². The SMILES string of the molecule is Cc1nn(C)c(NC(C)CCS(C)=O)c1N. The zero-order valence-corrected chi connectivity index (χ0v) is 11.1. The quantitative estimate of drug-likeness (QED) is 0.806. The van der Waals surface area contributed by atoms with Gasteiger partial charge < -0.3 is 11.1 Å². The minimum atomic E-state index is -0.743. The highest BCUT2D eigenvalue weighted by atomic mass is 32.2. The van der Waals surface area contributed by atoms with Gasteiger partial charge in [-0.15, -0.1) is 0 Å². The Balaban J connectivity index is 2.62. The predicted octanol–water partition coefficient (Wildman–Crippen LogP) is 0.880. The van der Waals surface area contributed by atoms with Crippen molar-refractivity contribution in [3.05, 3.63) is 5.69 Å². The average Bonchev–Trinajstić information content (AvgIpc) is 2.42. The lowest BCUT2D eigenvalue weighted by Gasteiger charge is -2.15. The number of rotatable bonds is 5. The van der Waals surface area contributed by atoms with E-state index in [0.29, 0.717) is 11.4 Å². The van der Waals surface area contributed by atoms with Gasteiger partial charge in [0.05, 0.1) is 11.4 Å². The first-order valence-electron chi connectivity index (χ1n) is 5.27. The summed E-state index contributed by atoms with van der Waals surface area (Å²) in [4.78, 5) is 0. The number of anilines is 2. The minimum Gasteiger partial charge on any atom is -0.394 e. The number of aryl methyl sites for hydroxylation is 2. The van der Waals surface area contributed by atoms with Crippen molar-refractivity contribution in [2.75, 3.05) is 23.1 Å². The van der Waals surface area contributed by atoms with Crippen molar-refractivity contribution in [1.29, 1.82) is 0 Å². The normalized spacial score (nSPS) is 14.8. The Hall–Kier alpha value is -1.04. The summed E-state index contributed by atoms with van der Waals surface area (Å²) in [5.74, 6) is 1.54. The topological polar surface area (TPSA) is 72.9 Å². The molecular weight excluding hydrogens is 224 g/mol. The van der Waals surface area contributed by atoms with Gasteiger partial charge in [0.1, 0.15) is 5.82 Å². The van der Waals surface area contributed by atoms with E-state index in [1.165, 1.54) is 0 Å². The molecular formula is C10H20N4OS. The van der Waals surface area contributed by atoms with Gasteiger partial charge in [-0.05, 0) is 20.3 Å². The molecule has 6 heteroatoms. The molecule has 16 heavy (non-hydrogen) atoms. The molecule has 0 saturated heterocycles. The van der Waals surface area contributed by atoms with Gasteiger partial charge >= 0.3 is 0 Å². The molecule has 1 aromatic rings. The van der Waals surface area contributed by atoms with Crippen LogP contribution in [0.2, 0.25) is 0 Å². The monoisotopic (exact) mass is 244 g/mol. The number of nitrogen functional groups attached to an aromatic ring is 1. The zero-order chi connectivity index (χ0) is 12.3. The number of nitrogens with zero attached hydrogens (tertiary/aromatic N) is 2. The largest absolute Gasteiger partial charge is 0.394 e. The number of nitrogens with two attached hydrogens (primary N) is 1. The fraction of sp³-hybridized carbons (Fsp3) is 0.700. The summed E-state index contributed by atoms with van der Waals surface area (Å²) in [5.41, 5.74) is 7.42. The maximum Gasteiger partial charge on any atom is 0.147 e. The second kappa shape index (κ2) is 5.34. The Bertz CT molecular complexity index is 388. The molecule has 0 amide bonds. The predicted molar refractivity (Wildman–Crippen MR) is 69.0 cm³/mol. The molecule has 1 aromatic heterocycles. The van der Waals surface area contributed by atoms with Crippen LogP contribution in [0.3, 0.4) is 0 Å². The van der Waals surface area contributed by atoms with Gasteiger partial charge in [-0.1, -0.05) is 0 Å². The number of hydrogen-bond acceptors (Lipinski definition) is 4. The molecule has 0 bridgehead atoms. The Kier molecular flexibility index (Phi) is 4.35. The highest BCUT2D eigenvalue weighted by Crippen LogP contribution is 2.21. The summed E-state index contributed by atoms with van der Waals surface area (Å²) in [7, 11) is 1.11. The number of aromatic nitrogens is 2. The van der Waals surface area contributed by atoms with Crippen molar-refractivity contribution in [3.63, 3.8) is 0 Å². The van der Waals surface area contributed by atoms with Crippen LogP contribution in [-0.2, 0) is 17.8 Å². The molecule has 1 rings (SSSR count). The molecule has 0 saturated carbocycles. The molecule has 0 aliphatic rings. The van der Waals surface area contributed by atoms with E-state index in [1.807, 2.05) is 14.0 Å². The molecule has 0 aliphatic heterocycles. The molecule has 92 valence electrons. The van der Waals surface area contributed by atoms with Crippen molar-refractivity contribution in [2.45, 2.75) is 26.3 Å². The summed E-state index contributed by atoms with van der Waals surface area (Å²) >= 11 is 0. The van der Waals surface area contributed by atoms with E-state index in [4.69, 9.17) is 5.73 Å². The van der Waals surface area contributed by atoms with Crippen LogP contribution in [0.5, 0.6) is 0 Å². The van der Waals surface area contributed by atoms with E-state index in [-0.39, 0.29) is 6.04 Å². The van der Waals surface area contributed by atoms with Gasteiger partial charge in [0.25, 0.3) is 0 Å². The molecule has 1 heterocycles. The summed E-state index contributed by atoms with van der Waals surface area (Å²) in [6, 6.07) is 0.237. The average molecular weight is 244 g/mol. The first-order chi connectivity index (χ1) is 7.41. The van der Waals surface area contributed by atoms with Crippen LogP contribution in [0.15, 0.2) is 0 Å². The van der Waals surface area contributed by atoms with Crippen molar-refractivity contribution in [3.8, 4) is 0 Å². The van der Waals surface area contributed by atoms with Crippen LogP contribution in [0.4, 0.5) is 11.5 Å². The van der Waals surface area contributed by atoms with Crippen LogP contribution in [0.1, 0.15) is 19.0 Å². The van der Waals surface area contributed by atoms with Gasteiger partial charge in [-0.2, -0.15) is 5.10 Å². The van der Waals surface area contributed by atoms with Crippen LogP contribution >= 0.6 is 0 Å². The smallest absolute Gasteiger partial charge is 0.147 e. The molecule has 0 spiro atoms. The van der Waals surface area contributed by atoms with Crippen LogP contribution < -0.4 is 11.1 Å². The lowest BCUT2D eigenvalue weighted by molar-refractivity contribution is 0.675. The summed E-state index contributed by atoms with van der Waals surface area (Å²) < 4.78 is 12.7. The Morgan fingerprint density at radius 3 is 2.69 bits per heavy atom. The van der Waals surface area contributed by atoms with Crippen LogP contribution in [0.25, 0.3) is 0 Å². The molecule has 5 nitrogen and oxygen atoms in total. The molecule has 0 aromatic carbocycles. The highest BCUT2D eigenvalue weighted by Gasteiger charge is 2.12. The van der Waals surface area contributed by atoms with Crippen molar-refractivity contribution in [2.24, 2.45) is 7.05 Å². The van der Waals surface area contributed by atoms with Crippen molar-refractivity contribution >= 4 is 22.3 Å². The Labute approximate surface area is 98.9 Å². The van der Waals surface area contributed by atoms with E-state index in [2.05, 4.69) is 17.3 Å². The number of hydrogen-bond donors (Lipinski definition) is 2. The fourth-order valence-electron chi connectivity index (χ4n) is 1.49. The summed E-state index contributed by atoms with van der Waals surface area (Å²) in [6.07, 6.45) is 2.57. The minimum absolute atomic E-state index is 0.237. The van der Waals surface area contributed by atoms with E-state index in [0.717, 1.165) is 17.9 Å². The van der Waals surface area contributed by atoms with Gasteiger partial charge in [0.15, 0.2) is 0 Å². The molecule has 3 N–H and O–H groups in total. The Morgan fingerprint density at radius 2 is 2.25 bits per heavy atom. The van der Waals surface area contributed by atoms with E-state index < -0.39 is 10.8 Å². The summed E-state index contributed by atoms with van der Waals surface area (Å²) in [6.45, 7) is 3.93. The van der Waals surface area contributed by atoms with E-state index in [1.54, 1.807) is 10.9 Å². The van der Waals surface area contributed by atoms with Crippen LogP contribution in [-0.4, -0.2) is 32.0 Å². The van der Waals surface area contributed by atoms with Gasteiger partial charge in [0.2, 0.25) is 0 Å². The third-order valence-electron chi connectivity index (χ3n) is 2.49. The second-order valence-electron chi connectivity index (χ2n) is 4.08. The maximum absolute atomic E-state index is 11.0. The molecule has 0 radical (unpaired) electrons. The Morgan fingerprint density at radius 1 is 1.62 bits per heavy atom. The zero-order valence-electron chi connectivity index (χ0n) is 10.3. The molecule has 0 fully saturated rings. The van der Waals surface area contributed by atoms with E-state index >= 15 is 0 Å². The van der Waals surface area contributed by atoms with Crippen LogP contribution in [0, 0.1) is 6.92 Å². The first-order valence-corrected chi connectivity index (χ1v) is 7.00. The van der Waals surface area contributed by atoms with Crippen molar-refractivity contribution < 1.29 is 4.21 Å². The maximum atomic E-state index is 11.0. The molecule has 2 unspecified atom stereocenters. The first kappa shape index (κ1) is 13.0. The second-order valence-corrected chi connectivity index (χ2v) is 5.64. The van der Waals surface area contributed by atoms with E-state index in [9.17, 15) is 4.21 Å². The number of nitrogens with one attached hydrogen (secondary N) is 1. The van der Waals surface area contributed by atoms with Gasteiger partial charge in [-0.3, -0.25) is 8.89 Å². The van der Waals surface area contributed by atoms with Crippen molar-refractivity contribution in [1.82, 2.24) is 9.78 Å². The lowest BCUT2D eigenvalue weighted by Crippen LogP contribution is -2.20. The fourth-order valence-corrected chi connectivity index (χ4v) is 2.18.